The van der Waals surface area contributed by atoms with Gasteiger partial charge in [0.1, 0.15) is 6.29 Å². The molecule has 0 bridgehead atoms. The van der Waals surface area contributed by atoms with E-state index in [9.17, 15) is 14.4 Å². The van der Waals surface area contributed by atoms with Gasteiger partial charge < -0.3 is 0 Å². The molecule has 0 aliphatic heterocycles. The summed E-state index contributed by atoms with van der Waals surface area (Å²) >= 11 is 0. The Labute approximate surface area is 81.1 Å². The molecule has 1 aromatic rings. The fraction of sp³-hybridized carbons (Fsp3) is 0. The fourth-order valence-electron chi connectivity index (χ4n) is 1.14. The second-order valence-corrected chi connectivity index (χ2v) is 2.58. The van der Waals surface area contributed by atoms with Gasteiger partial charge in [0.25, 0.3) is 0 Å². The zero-order valence-corrected chi connectivity index (χ0v) is 7.34. The van der Waals surface area contributed by atoms with Crippen molar-refractivity contribution in [3.63, 3.8) is 0 Å². The maximum Gasteiger partial charge on any atom is 0.150 e. The molecule has 0 saturated heterocycles. The van der Waals surface area contributed by atoms with Crippen LogP contribution >= 0.6 is 0 Å². The third-order valence-corrected chi connectivity index (χ3v) is 1.77. The van der Waals surface area contributed by atoms with E-state index in [4.69, 9.17) is 0 Å². The summed E-state index contributed by atoms with van der Waals surface area (Å²) < 4.78 is 0. The first-order valence-electron chi connectivity index (χ1n) is 3.98. The van der Waals surface area contributed by atoms with Crippen LogP contribution in [0.1, 0.15) is 26.3 Å². The smallest absolute Gasteiger partial charge is 0.150 e. The third-order valence-electron chi connectivity index (χ3n) is 1.77. The lowest BCUT2D eigenvalue weighted by atomic mass is 10.0. The maximum absolute atomic E-state index is 10.6. The number of carbonyl (C=O) groups excluding carboxylic acids is 3. The van der Waals surface area contributed by atoms with Crippen LogP contribution in [0.15, 0.2) is 24.3 Å². The number of carbonyl (C=O) groups is 3. The minimum atomic E-state index is 0.396. The van der Waals surface area contributed by atoms with Gasteiger partial charge in [0, 0.05) is 11.1 Å². The predicted octanol–water partition coefficient (Wildman–Crippen LogP) is 1.52. The van der Waals surface area contributed by atoms with Crippen molar-refractivity contribution < 1.29 is 14.4 Å². The summed E-state index contributed by atoms with van der Waals surface area (Å²) in [5.74, 6) is 0. The summed E-state index contributed by atoms with van der Waals surface area (Å²) in [4.78, 5) is 31.4. The van der Waals surface area contributed by atoms with Crippen LogP contribution in [0.2, 0.25) is 0 Å². The van der Waals surface area contributed by atoms with E-state index in [-0.39, 0.29) is 0 Å². The highest BCUT2D eigenvalue weighted by atomic mass is 16.1. The first-order chi connectivity index (χ1) is 6.83. The van der Waals surface area contributed by atoms with Crippen molar-refractivity contribution in [3.05, 3.63) is 41.0 Å². The summed E-state index contributed by atoms with van der Waals surface area (Å²) in [7, 11) is 0. The molecule has 0 saturated carbocycles. The van der Waals surface area contributed by atoms with Crippen LogP contribution in [-0.2, 0) is 4.79 Å². The molecule has 1 rings (SSSR count). The molecule has 70 valence electrons. The Hall–Kier alpha value is -2.03. The van der Waals surface area contributed by atoms with Gasteiger partial charge in [-0.1, -0.05) is 24.3 Å². The lowest BCUT2D eigenvalue weighted by Gasteiger charge is -2.00. The Bertz CT molecular complexity index is 365. The van der Waals surface area contributed by atoms with Crippen LogP contribution in [0.25, 0.3) is 6.08 Å². The second kappa shape index (κ2) is 4.87. The van der Waals surface area contributed by atoms with Crippen LogP contribution in [0.3, 0.4) is 0 Å². The van der Waals surface area contributed by atoms with Gasteiger partial charge in [0.15, 0.2) is 12.6 Å². The van der Waals surface area contributed by atoms with E-state index in [2.05, 4.69) is 0 Å². The summed E-state index contributed by atoms with van der Waals surface area (Å²) in [5.41, 5.74) is 1.27. The second-order valence-electron chi connectivity index (χ2n) is 2.58. The van der Waals surface area contributed by atoms with Crippen molar-refractivity contribution in [2.45, 2.75) is 0 Å². The summed E-state index contributed by atoms with van der Waals surface area (Å²) in [6.45, 7) is 0. The molecule has 3 nitrogen and oxygen atoms in total. The SMILES string of the molecule is O=CC=Cc1c(C=O)cccc1C=O. The molecule has 0 heterocycles. The zero-order chi connectivity index (χ0) is 10.4. The number of allylic oxidation sites excluding steroid dienone is 1. The van der Waals surface area contributed by atoms with E-state index in [1.807, 2.05) is 0 Å². The van der Waals surface area contributed by atoms with Gasteiger partial charge in [-0.25, -0.2) is 0 Å². The monoisotopic (exact) mass is 188 g/mol. The lowest BCUT2D eigenvalue weighted by Crippen LogP contribution is -1.92. The Morgan fingerprint density at radius 2 is 1.50 bits per heavy atom. The number of aldehydes is 3. The normalized spacial score (nSPS) is 10.0. The molecule has 0 atom stereocenters. The molecule has 0 unspecified atom stereocenters. The molecule has 14 heavy (non-hydrogen) atoms. The van der Waals surface area contributed by atoms with Crippen molar-refractivity contribution >= 4 is 24.9 Å². The first-order valence-corrected chi connectivity index (χ1v) is 3.98. The molecule has 0 N–H and O–H groups in total. The molecule has 0 aliphatic carbocycles. The minimum absolute atomic E-state index is 0.396. The average molecular weight is 188 g/mol. The topological polar surface area (TPSA) is 51.2 Å². The number of hydrogen-bond acceptors (Lipinski definition) is 3. The maximum atomic E-state index is 10.6. The van der Waals surface area contributed by atoms with Crippen molar-refractivity contribution in [2.75, 3.05) is 0 Å². The average Bonchev–Trinajstić information content (AvgIpc) is 2.25. The van der Waals surface area contributed by atoms with E-state index in [1.165, 1.54) is 12.2 Å². The molecule has 0 spiro atoms. The molecule has 0 aliphatic rings. The largest absolute Gasteiger partial charge is 0.299 e. The quantitative estimate of drug-likeness (QED) is 0.531. The lowest BCUT2D eigenvalue weighted by molar-refractivity contribution is -0.104. The van der Waals surface area contributed by atoms with Crippen LogP contribution in [0.5, 0.6) is 0 Å². The van der Waals surface area contributed by atoms with Gasteiger partial charge in [-0.15, -0.1) is 0 Å². The van der Waals surface area contributed by atoms with E-state index in [1.54, 1.807) is 18.2 Å². The van der Waals surface area contributed by atoms with E-state index < -0.39 is 0 Å². The van der Waals surface area contributed by atoms with Crippen LogP contribution < -0.4 is 0 Å². The van der Waals surface area contributed by atoms with Gasteiger partial charge >= 0.3 is 0 Å². The molecule has 0 aromatic heterocycles. The van der Waals surface area contributed by atoms with E-state index in [0.717, 1.165) is 0 Å². The van der Waals surface area contributed by atoms with Gasteiger partial charge in [-0.3, -0.25) is 14.4 Å². The standard InChI is InChI=1S/C11H8O3/c12-6-2-5-11-9(7-13)3-1-4-10(11)8-14/h1-8H. The van der Waals surface area contributed by atoms with Crippen molar-refractivity contribution in [1.82, 2.24) is 0 Å². The van der Waals surface area contributed by atoms with Crippen molar-refractivity contribution in [2.24, 2.45) is 0 Å². The first kappa shape index (κ1) is 10.1. The predicted molar refractivity (Wildman–Crippen MR) is 52.3 cm³/mol. The van der Waals surface area contributed by atoms with Crippen molar-refractivity contribution in [1.29, 1.82) is 0 Å². The van der Waals surface area contributed by atoms with Crippen LogP contribution in [0.4, 0.5) is 0 Å². The number of benzene rings is 1. The summed E-state index contributed by atoms with van der Waals surface area (Å²) in [6, 6.07) is 4.79. The third kappa shape index (κ3) is 2.01. The fourth-order valence-corrected chi connectivity index (χ4v) is 1.14. The Morgan fingerprint density at radius 1 is 0.929 bits per heavy atom. The van der Waals surface area contributed by atoms with Crippen molar-refractivity contribution in [3.8, 4) is 0 Å². The summed E-state index contributed by atoms with van der Waals surface area (Å²) in [6.07, 6.45) is 4.58. The highest BCUT2D eigenvalue weighted by molar-refractivity contribution is 5.92. The van der Waals surface area contributed by atoms with Gasteiger partial charge in [0.05, 0.1) is 0 Å². The molecular weight excluding hydrogens is 180 g/mol. The highest BCUT2D eigenvalue weighted by Crippen LogP contribution is 2.13. The van der Waals surface area contributed by atoms with Gasteiger partial charge in [-0.05, 0) is 11.6 Å². The molecular formula is C11H8O3. The highest BCUT2D eigenvalue weighted by Gasteiger charge is 2.03. The molecule has 1 aromatic carbocycles. The van der Waals surface area contributed by atoms with E-state index in [0.29, 0.717) is 35.5 Å². The zero-order valence-electron chi connectivity index (χ0n) is 7.34. The van der Waals surface area contributed by atoms with Crippen LogP contribution in [-0.4, -0.2) is 18.9 Å². The molecule has 0 amide bonds. The summed E-state index contributed by atoms with van der Waals surface area (Å²) in [5, 5.41) is 0. The Kier molecular flexibility index (Phi) is 3.49. The van der Waals surface area contributed by atoms with Gasteiger partial charge in [-0.2, -0.15) is 0 Å². The molecule has 3 heteroatoms. The molecule has 0 fully saturated rings. The Balaban J connectivity index is 3.32. The Morgan fingerprint density at radius 3 is 1.93 bits per heavy atom. The van der Waals surface area contributed by atoms with Crippen LogP contribution in [0, 0.1) is 0 Å². The van der Waals surface area contributed by atoms with E-state index >= 15 is 0 Å². The number of hydrogen-bond donors (Lipinski definition) is 0. The van der Waals surface area contributed by atoms with Gasteiger partial charge in [0.2, 0.25) is 0 Å². The molecule has 0 radical (unpaired) electrons. The number of rotatable bonds is 4. The minimum Gasteiger partial charge on any atom is -0.299 e.